The van der Waals surface area contributed by atoms with Crippen LogP contribution in [0.2, 0.25) is 5.02 Å². The maximum absolute atomic E-state index is 12.7. The molecule has 0 aliphatic rings. The first kappa shape index (κ1) is 26.2. The number of H-pyrrole nitrogens is 1. The lowest BCUT2D eigenvalue weighted by Crippen LogP contribution is -2.30. The molecule has 2 aromatic rings. The van der Waals surface area contributed by atoms with E-state index < -0.39 is 0 Å². The highest BCUT2D eigenvalue weighted by Gasteiger charge is 2.15. The number of halogens is 1. The summed E-state index contributed by atoms with van der Waals surface area (Å²) in [5.41, 5.74) is 1.61. The number of hydrogen-bond acceptors (Lipinski definition) is 7. The highest BCUT2D eigenvalue weighted by atomic mass is 35.5. The molecule has 0 aliphatic carbocycles. The lowest BCUT2D eigenvalue weighted by atomic mass is 10.2. The molecule has 0 aromatic carbocycles. The van der Waals surface area contributed by atoms with Crippen LogP contribution in [0.1, 0.15) is 27.2 Å². The normalized spacial score (nSPS) is 12.4. The Morgan fingerprint density at radius 3 is 2.76 bits per heavy atom. The van der Waals surface area contributed by atoms with Gasteiger partial charge >= 0.3 is 0 Å². The number of fused-ring (bicyclic) bond motifs is 1. The van der Waals surface area contributed by atoms with E-state index in [1.165, 1.54) is 7.11 Å². The monoisotopic (exact) mass is 476 g/mol. The Morgan fingerprint density at radius 2 is 2.12 bits per heavy atom. The zero-order valence-electron chi connectivity index (χ0n) is 19.9. The molecule has 33 heavy (non-hydrogen) atoms. The molecule has 2 rings (SSSR count). The van der Waals surface area contributed by atoms with Gasteiger partial charge in [-0.25, -0.2) is 0 Å². The van der Waals surface area contributed by atoms with Gasteiger partial charge in [-0.3, -0.25) is 4.79 Å². The molecule has 0 fully saturated rings. The van der Waals surface area contributed by atoms with E-state index in [0.717, 1.165) is 18.4 Å². The molecule has 0 saturated carbocycles. The predicted molar refractivity (Wildman–Crippen MR) is 133 cm³/mol. The molecule has 10 heteroatoms. The van der Waals surface area contributed by atoms with Gasteiger partial charge in [-0.15, -0.1) is 0 Å². The minimum Gasteiger partial charge on any atom is -0.495 e. The fourth-order valence-corrected chi connectivity index (χ4v) is 3.24. The number of ether oxygens (including phenoxy) is 2. The molecule has 0 aliphatic heterocycles. The summed E-state index contributed by atoms with van der Waals surface area (Å²) in [6, 6.07) is 0. The van der Waals surface area contributed by atoms with E-state index >= 15 is 0 Å². The molecule has 180 valence electrons. The number of hydrogen-bond donors (Lipinski definition) is 3. The third kappa shape index (κ3) is 6.97. The summed E-state index contributed by atoms with van der Waals surface area (Å²) in [6.45, 7) is 11.9. The van der Waals surface area contributed by atoms with Crippen LogP contribution in [0, 0.1) is 0 Å². The number of carbonyl (C=O) groups is 1. The van der Waals surface area contributed by atoms with Crippen molar-refractivity contribution in [3.8, 4) is 0 Å². The molecule has 0 unspecified atom stereocenters. The van der Waals surface area contributed by atoms with Gasteiger partial charge in [0.1, 0.15) is 17.2 Å². The van der Waals surface area contributed by atoms with E-state index in [1.54, 1.807) is 37.2 Å². The molecular formula is C23H33ClN6O3. The van der Waals surface area contributed by atoms with Crippen molar-refractivity contribution >= 4 is 40.3 Å². The molecular weight excluding hydrogens is 444 g/mol. The zero-order chi connectivity index (χ0) is 24.4. The van der Waals surface area contributed by atoms with E-state index in [2.05, 4.69) is 39.1 Å². The van der Waals surface area contributed by atoms with Gasteiger partial charge in [-0.2, -0.15) is 9.97 Å². The molecule has 0 bridgehead atoms. The zero-order valence-corrected chi connectivity index (χ0v) is 20.7. The fraction of sp³-hybridized carbons (Fsp3) is 0.435. The number of aromatic nitrogens is 3. The first-order valence-corrected chi connectivity index (χ1v) is 11.2. The topological polar surface area (TPSA) is 104 Å². The van der Waals surface area contributed by atoms with Crippen molar-refractivity contribution in [1.29, 1.82) is 0 Å². The highest BCUT2D eigenvalue weighted by Crippen LogP contribution is 2.29. The lowest BCUT2D eigenvalue weighted by Gasteiger charge is -2.18. The number of rotatable bonds is 13. The van der Waals surface area contributed by atoms with E-state index in [0.29, 0.717) is 59.2 Å². The minimum absolute atomic E-state index is 0.127. The van der Waals surface area contributed by atoms with Crippen LogP contribution in [-0.4, -0.2) is 66.2 Å². The Morgan fingerprint density at radius 1 is 1.36 bits per heavy atom. The summed E-state index contributed by atoms with van der Waals surface area (Å²) in [5.74, 6) is 1.24. The molecule has 0 spiro atoms. The summed E-state index contributed by atoms with van der Waals surface area (Å²) in [6.07, 6.45) is 5.84. The van der Waals surface area contributed by atoms with E-state index in [9.17, 15) is 4.79 Å². The van der Waals surface area contributed by atoms with Crippen LogP contribution in [0.5, 0.6) is 0 Å². The van der Waals surface area contributed by atoms with Gasteiger partial charge in [0.05, 0.1) is 29.8 Å². The maximum Gasteiger partial charge on any atom is 0.249 e. The molecule has 0 radical (unpaired) electrons. The smallest absolute Gasteiger partial charge is 0.249 e. The average molecular weight is 477 g/mol. The fourth-order valence-electron chi connectivity index (χ4n) is 3.01. The molecule has 2 aromatic heterocycles. The van der Waals surface area contributed by atoms with Crippen LogP contribution in [0.15, 0.2) is 42.0 Å². The molecule has 3 N–H and O–H groups in total. The quantitative estimate of drug-likeness (QED) is 0.171. The second-order valence-electron chi connectivity index (χ2n) is 7.24. The van der Waals surface area contributed by atoms with Crippen LogP contribution >= 0.6 is 11.6 Å². The Kier molecular flexibility index (Phi) is 10.2. The van der Waals surface area contributed by atoms with Crippen LogP contribution in [-0.2, 0) is 14.3 Å². The second kappa shape index (κ2) is 12.9. The van der Waals surface area contributed by atoms with Gasteiger partial charge in [-0.05, 0) is 32.4 Å². The van der Waals surface area contributed by atoms with Gasteiger partial charge < -0.3 is 30.0 Å². The number of aromatic amines is 1. The Balaban J connectivity index is 2.33. The summed E-state index contributed by atoms with van der Waals surface area (Å²) >= 11 is 6.30. The van der Waals surface area contributed by atoms with Crippen molar-refractivity contribution in [3.05, 3.63) is 47.0 Å². The average Bonchev–Trinajstić information content (AvgIpc) is 3.19. The number of carbonyl (C=O) groups excluding carboxylic acids is 1. The summed E-state index contributed by atoms with van der Waals surface area (Å²) < 4.78 is 10.9. The molecule has 2 heterocycles. The number of nitrogens with one attached hydrogen (secondary N) is 3. The minimum atomic E-state index is -0.127. The van der Waals surface area contributed by atoms with Gasteiger partial charge in [-0.1, -0.05) is 25.1 Å². The van der Waals surface area contributed by atoms with Gasteiger partial charge in [0.2, 0.25) is 11.9 Å². The van der Waals surface area contributed by atoms with Crippen LogP contribution in [0.3, 0.4) is 0 Å². The number of anilines is 2. The number of methoxy groups -OCH3 is 1. The van der Waals surface area contributed by atoms with Crippen molar-refractivity contribution in [2.24, 2.45) is 0 Å². The first-order chi connectivity index (χ1) is 15.9. The van der Waals surface area contributed by atoms with Crippen LogP contribution in [0.4, 0.5) is 11.8 Å². The second-order valence-corrected chi connectivity index (χ2v) is 7.65. The lowest BCUT2D eigenvalue weighted by molar-refractivity contribution is -0.126. The summed E-state index contributed by atoms with van der Waals surface area (Å²) in [4.78, 5) is 26.4. The number of likely N-dealkylation sites (N-methyl/N-ethyl adjacent to an activating group) is 1. The third-order valence-electron chi connectivity index (χ3n) is 4.77. The number of nitrogens with zero attached hydrogens (tertiary/aromatic N) is 3. The number of amides is 1. The SMILES string of the molecule is C=C/C(Nc1nc(NCCC)c2c(Cl)c[nH]c2n1)=C(\C=C(/C)C(=O)N(C)CCOCC)OC. The van der Waals surface area contributed by atoms with Crippen molar-refractivity contribution in [3.63, 3.8) is 0 Å². The van der Waals surface area contributed by atoms with E-state index in [-0.39, 0.29) is 5.91 Å². The first-order valence-electron chi connectivity index (χ1n) is 10.8. The van der Waals surface area contributed by atoms with Gasteiger partial charge in [0, 0.05) is 38.5 Å². The van der Waals surface area contributed by atoms with Crippen molar-refractivity contribution in [2.75, 3.05) is 51.1 Å². The molecule has 0 atom stereocenters. The predicted octanol–water partition coefficient (Wildman–Crippen LogP) is 4.33. The van der Waals surface area contributed by atoms with Crippen LogP contribution < -0.4 is 10.6 Å². The van der Waals surface area contributed by atoms with Gasteiger partial charge in [0.15, 0.2) is 0 Å². The van der Waals surface area contributed by atoms with Crippen molar-refractivity contribution in [2.45, 2.75) is 27.2 Å². The van der Waals surface area contributed by atoms with Crippen LogP contribution in [0.25, 0.3) is 11.0 Å². The summed E-state index contributed by atoms with van der Waals surface area (Å²) in [5, 5.41) is 7.68. The Bertz CT molecular complexity index is 1030. The molecule has 1 amide bonds. The van der Waals surface area contributed by atoms with E-state index in [1.807, 2.05) is 6.92 Å². The largest absolute Gasteiger partial charge is 0.495 e. The highest BCUT2D eigenvalue weighted by molar-refractivity contribution is 6.36. The third-order valence-corrected chi connectivity index (χ3v) is 5.07. The van der Waals surface area contributed by atoms with E-state index in [4.69, 9.17) is 21.1 Å². The standard InChI is InChI=1S/C23H33ClN6O3/c1-7-10-25-20-19-16(24)14-26-21(19)29-23(28-20)27-17(8-2)18(32-6)13-15(4)22(31)30(5)11-12-33-9-3/h8,13-14H,2,7,9-12H2,1,3-6H3,(H3,25,26,27,28,29)/b15-13+,18-17-. The number of allylic oxidation sites excluding steroid dienone is 2. The Hall–Kier alpha value is -3.04. The maximum atomic E-state index is 12.7. The van der Waals surface area contributed by atoms with Crippen molar-refractivity contribution in [1.82, 2.24) is 19.9 Å². The molecule has 0 saturated heterocycles. The summed E-state index contributed by atoms with van der Waals surface area (Å²) in [7, 11) is 3.26. The van der Waals surface area contributed by atoms with Gasteiger partial charge in [0.25, 0.3) is 0 Å². The van der Waals surface area contributed by atoms with Crippen molar-refractivity contribution < 1.29 is 14.3 Å². The Labute approximate surface area is 199 Å². The molecule has 9 nitrogen and oxygen atoms in total.